The zero-order chi connectivity index (χ0) is 10.7. The van der Waals surface area contributed by atoms with Gasteiger partial charge in [0.2, 0.25) is 5.91 Å². The van der Waals surface area contributed by atoms with Gasteiger partial charge in [-0.15, -0.1) is 0 Å². The van der Waals surface area contributed by atoms with Gasteiger partial charge in [0.15, 0.2) is 0 Å². The van der Waals surface area contributed by atoms with Crippen LogP contribution in [0.2, 0.25) is 0 Å². The van der Waals surface area contributed by atoms with Gasteiger partial charge in [0.05, 0.1) is 17.0 Å². The van der Waals surface area contributed by atoms with E-state index in [4.69, 9.17) is 5.11 Å². The minimum atomic E-state index is -2.64. The van der Waals surface area contributed by atoms with E-state index in [1.54, 1.807) is 0 Å². The topological polar surface area (TPSA) is 80.7 Å². The van der Waals surface area contributed by atoms with Crippen LogP contribution in [0.4, 0.5) is 5.69 Å². The first-order valence-electron chi connectivity index (χ1n) is 3.71. The number of nitrogens with zero attached hydrogens (tertiary/aromatic N) is 1. The summed E-state index contributed by atoms with van der Waals surface area (Å²) in [6.45, 7) is 1.14. The third kappa shape index (κ3) is 3.92. The first-order chi connectivity index (χ1) is 6.52. The number of hydrogen-bond donors (Lipinski definition) is 1. The second-order valence-electron chi connectivity index (χ2n) is 2.55. The molecule has 15 heavy (non-hydrogen) atoms. The summed E-state index contributed by atoms with van der Waals surface area (Å²) >= 11 is -2.64. The van der Waals surface area contributed by atoms with E-state index in [2.05, 4.69) is 0 Å². The van der Waals surface area contributed by atoms with Crippen LogP contribution in [0.5, 0.6) is 5.75 Å². The van der Waals surface area contributed by atoms with Crippen molar-refractivity contribution in [3.63, 3.8) is 0 Å². The summed E-state index contributed by atoms with van der Waals surface area (Å²) < 4.78 is 21.9. The number of rotatable bonds is 2. The zero-order valence-corrected chi connectivity index (χ0v) is 11.2. The van der Waals surface area contributed by atoms with Crippen molar-refractivity contribution in [1.29, 1.82) is 0 Å². The number of phenols is 1. The fraction of sp³-hybridized carbons (Fsp3) is 0.125. The van der Waals surface area contributed by atoms with Gasteiger partial charge in [-0.2, -0.15) is 0 Å². The van der Waals surface area contributed by atoms with Crippen LogP contribution >= 0.6 is 0 Å². The van der Waals surface area contributed by atoms with Crippen LogP contribution in [-0.4, -0.2) is 19.8 Å². The van der Waals surface area contributed by atoms with Gasteiger partial charge in [0, 0.05) is 6.92 Å². The number of aromatic hydroxyl groups is 1. The predicted molar refractivity (Wildman–Crippen MR) is 50.2 cm³/mol. The summed E-state index contributed by atoms with van der Waals surface area (Å²) in [5.74, 6) is -0.599. The Morgan fingerprint density at radius 1 is 1.40 bits per heavy atom. The maximum absolute atomic E-state index is 10.9. The van der Waals surface area contributed by atoms with Gasteiger partial charge >= 0.3 is 29.6 Å². The molecule has 1 atom stereocenters. The fourth-order valence-electron chi connectivity index (χ4n) is 0.961. The molecule has 1 N–H and O–H groups in total. The molecule has 0 spiro atoms. The number of carbonyl (C=O) groups excluding carboxylic acids is 1. The summed E-state index contributed by atoms with van der Waals surface area (Å²) in [5.41, 5.74) is 0.198. The van der Waals surface area contributed by atoms with Crippen LogP contribution in [-0.2, 0) is 16.1 Å². The fourth-order valence-corrected chi connectivity index (χ4v) is 1.46. The van der Waals surface area contributed by atoms with Crippen LogP contribution < -0.4 is 33.9 Å². The van der Waals surface area contributed by atoms with Crippen LogP contribution in [0.1, 0.15) is 6.92 Å². The monoisotopic (exact) mass is 237 g/mol. The molecule has 0 aliphatic carbocycles. The van der Waals surface area contributed by atoms with Gasteiger partial charge < -0.3 is 9.66 Å². The van der Waals surface area contributed by atoms with Gasteiger partial charge in [0.25, 0.3) is 0 Å². The van der Waals surface area contributed by atoms with Crippen molar-refractivity contribution in [3.05, 3.63) is 24.3 Å². The number of carbonyl (C=O) groups is 1. The molecule has 1 rings (SSSR count). The minimum Gasteiger partial charge on any atom is -0.755 e. The van der Waals surface area contributed by atoms with Gasteiger partial charge in [-0.1, -0.05) is 0 Å². The van der Waals surface area contributed by atoms with E-state index >= 15 is 0 Å². The molecule has 5 nitrogen and oxygen atoms in total. The molecule has 76 valence electrons. The Labute approximate surface area is 112 Å². The average molecular weight is 237 g/mol. The summed E-state index contributed by atoms with van der Waals surface area (Å²) in [7, 11) is 0. The quantitative estimate of drug-likeness (QED) is 0.457. The van der Waals surface area contributed by atoms with E-state index in [-0.39, 0.29) is 41.0 Å². The molecule has 0 saturated heterocycles. The van der Waals surface area contributed by atoms with Crippen molar-refractivity contribution in [2.24, 2.45) is 0 Å². The zero-order valence-electron chi connectivity index (χ0n) is 8.34. The van der Waals surface area contributed by atoms with Crippen molar-refractivity contribution in [2.45, 2.75) is 6.92 Å². The summed E-state index contributed by atoms with van der Waals surface area (Å²) in [6.07, 6.45) is 0. The molecule has 0 aliphatic heterocycles. The molecule has 1 unspecified atom stereocenters. The van der Waals surface area contributed by atoms with E-state index < -0.39 is 17.2 Å². The third-order valence-corrected chi connectivity index (χ3v) is 2.29. The second kappa shape index (κ2) is 6.24. The van der Waals surface area contributed by atoms with Crippen LogP contribution in [0.15, 0.2) is 24.3 Å². The van der Waals surface area contributed by atoms with E-state index in [1.165, 1.54) is 24.3 Å². The first kappa shape index (κ1) is 14.6. The Morgan fingerprint density at radius 3 is 2.20 bits per heavy atom. The molecule has 1 amide bonds. The molecule has 0 bridgehead atoms. The molecule has 0 heterocycles. The van der Waals surface area contributed by atoms with Crippen LogP contribution in [0.25, 0.3) is 0 Å². The SMILES string of the molecule is CC(=O)N(c1ccc(O)cc1)S(=O)[O-].[Na+]. The Bertz CT molecular complexity index is 353. The van der Waals surface area contributed by atoms with Crippen molar-refractivity contribution in [1.82, 2.24) is 0 Å². The average Bonchev–Trinajstić information content (AvgIpc) is 2.07. The van der Waals surface area contributed by atoms with Crippen LogP contribution in [0.3, 0.4) is 0 Å². The standard InChI is InChI=1S/C8H9NO4S.Na/c1-6(10)9(14(12)13)7-2-4-8(11)5-3-7;/h2-5,11H,1H3,(H,12,13);/q;+1/p-1. The molecule has 1 aromatic carbocycles. The largest absolute Gasteiger partial charge is 1.00 e. The van der Waals surface area contributed by atoms with Crippen molar-refractivity contribution in [2.75, 3.05) is 4.31 Å². The number of hydrogen-bond acceptors (Lipinski definition) is 4. The Hall–Kier alpha value is -0.400. The Kier molecular flexibility index (Phi) is 6.07. The molecule has 0 fully saturated rings. The number of anilines is 1. The third-order valence-electron chi connectivity index (χ3n) is 1.52. The van der Waals surface area contributed by atoms with Crippen molar-refractivity contribution in [3.8, 4) is 5.75 Å². The maximum atomic E-state index is 10.9. The van der Waals surface area contributed by atoms with Crippen molar-refractivity contribution < 1.29 is 48.2 Å². The number of phenolic OH excluding ortho intramolecular Hbond substituents is 1. The molecule has 0 aliphatic rings. The van der Waals surface area contributed by atoms with Gasteiger partial charge in [-0.05, 0) is 24.3 Å². The summed E-state index contributed by atoms with van der Waals surface area (Å²) in [4.78, 5) is 10.9. The number of amides is 1. The maximum Gasteiger partial charge on any atom is 1.00 e. The normalized spacial score (nSPS) is 11.3. The molecule has 1 aromatic rings. The summed E-state index contributed by atoms with van der Waals surface area (Å²) in [5, 5.41) is 8.96. The molecule has 7 heteroatoms. The second-order valence-corrected chi connectivity index (χ2v) is 3.35. The molecule has 0 radical (unpaired) electrons. The first-order valence-corrected chi connectivity index (χ1v) is 4.74. The van der Waals surface area contributed by atoms with Crippen molar-refractivity contribution >= 4 is 22.9 Å². The van der Waals surface area contributed by atoms with E-state index in [0.29, 0.717) is 4.31 Å². The smallest absolute Gasteiger partial charge is 0.755 e. The van der Waals surface area contributed by atoms with Gasteiger partial charge in [0.1, 0.15) is 5.75 Å². The molecular formula is C8H8NNaO4S. The molecular weight excluding hydrogens is 229 g/mol. The minimum absolute atomic E-state index is 0. The molecule has 0 saturated carbocycles. The number of benzene rings is 1. The Morgan fingerprint density at radius 2 is 1.87 bits per heavy atom. The van der Waals surface area contributed by atoms with Gasteiger partial charge in [-0.3, -0.25) is 9.00 Å². The molecule has 0 aromatic heterocycles. The predicted octanol–water partition coefficient (Wildman–Crippen LogP) is -2.46. The van der Waals surface area contributed by atoms with E-state index in [1.807, 2.05) is 0 Å². The van der Waals surface area contributed by atoms with Crippen LogP contribution in [0, 0.1) is 0 Å². The van der Waals surface area contributed by atoms with E-state index in [0.717, 1.165) is 6.92 Å². The summed E-state index contributed by atoms with van der Waals surface area (Å²) in [6, 6.07) is 5.29. The van der Waals surface area contributed by atoms with Gasteiger partial charge in [-0.25, -0.2) is 4.31 Å². The van der Waals surface area contributed by atoms with E-state index in [9.17, 15) is 13.6 Å². The Balaban J connectivity index is 0.00000196.